The summed E-state index contributed by atoms with van der Waals surface area (Å²) in [7, 11) is 0. The van der Waals surface area contributed by atoms with Crippen LogP contribution < -0.4 is 17.0 Å². The Morgan fingerprint density at radius 1 is 1.58 bits per heavy atom. The summed E-state index contributed by atoms with van der Waals surface area (Å²) in [6.07, 6.45) is 0.923. The molecular formula is C7H17N3OS. The molecular weight excluding hydrogens is 174 g/mol. The second-order valence-corrected chi connectivity index (χ2v) is 4.46. The molecule has 0 aromatic rings. The van der Waals surface area contributed by atoms with Crippen LogP contribution in [0.1, 0.15) is 20.3 Å². The Labute approximate surface area is 77.4 Å². The van der Waals surface area contributed by atoms with Crippen LogP contribution in [-0.4, -0.2) is 23.0 Å². The Bertz CT molecular complexity index is 143. The van der Waals surface area contributed by atoms with Crippen molar-refractivity contribution in [2.45, 2.75) is 30.8 Å². The van der Waals surface area contributed by atoms with Crippen LogP contribution in [0.2, 0.25) is 0 Å². The average molecular weight is 191 g/mol. The van der Waals surface area contributed by atoms with Crippen LogP contribution in [0.25, 0.3) is 0 Å². The molecule has 0 heterocycles. The van der Waals surface area contributed by atoms with Gasteiger partial charge in [-0.1, -0.05) is 6.92 Å². The molecule has 0 aliphatic rings. The Kier molecular flexibility index (Phi) is 6.14. The van der Waals surface area contributed by atoms with Gasteiger partial charge >= 0.3 is 0 Å². The molecule has 0 rings (SSSR count). The van der Waals surface area contributed by atoms with E-state index in [0.717, 1.165) is 6.42 Å². The molecule has 0 spiro atoms. The normalized spacial score (nSPS) is 15.3. The van der Waals surface area contributed by atoms with E-state index in [4.69, 9.17) is 11.6 Å². The largest absolute Gasteiger partial charge is 0.330 e. The van der Waals surface area contributed by atoms with Gasteiger partial charge in [-0.3, -0.25) is 10.2 Å². The number of amides is 1. The maximum atomic E-state index is 11.0. The maximum Gasteiger partial charge on any atom is 0.246 e. The van der Waals surface area contributed by atoms with E-state index >= 15 is 0 Å². The molecule has 0 aliphatic heterocycles. The molecule has 0 saturated carbocycles. The molecule has 0 radical (unpaired) electrons. The first-order valence-corrected chi connectivity index (χ1v) is 4.92. The highest BCUT2D eigenvalue weighted by Gasteiger charge is 2.14. The molecule has 1 amide bonds. The van der Waals surface area contributed by atoms with E-state index in [1.54, 1.807) is 11.8 Å². The van der Waals surface area contributed by atoms with Crippen molar-refractivity contribution >= 4 is 17.7 Å². The van der Waals surface area contributed by atoms with Crippen molar-refractivity contribution < 1.29 is 4.79 Å². The van der Waals surface area contributed by atoms with Crippen LogP contribution in [0.4, 0.5) is 0 Å². The second kappa shape index (κ2) is 6.28. The zero-order valence-corrected chi connectivity index (χ0v) is 8.36. The lowest BCUT2D eigenvalue weighted by molar-refractivity contribution is -0.120. The van der Waals surface area contributed by atoms with E-state index in [9.17, 15) is 4.79 Å². The fourth-order valence-electron chi connectivity index (χ4n) is 0.830. The van der Waals surface area contributed by atoms with Crippen LogP contribution in [0.3, 0.4) is 0 Å². The van der Waals surface area contributed by atoms with Crippen LogP contribution in [0.5, 0.6) is 0 Å². The fraction of sp³-hybridized carbons (Fsp3) is 0.857. The van der Waals surface area contributed by atoms with Gasteiger partial charge in [0, 0.05) is 5.25 Å². The maximum absolute atomic E-state index is 11.0. The van der Waals surface area contributed by atoms with Gasteiger partial charge in [0.25, 0.3) is 0 Å². The SMILES string of the molecule is CC(CCN)SC(C)C(=O)NN. The smallest absolute Gasteiger partial charge is 0.246 e. The zero-order valence-electron chi connectivity index (χ0n) is 7.54. The Morgan fingerprint density at radius 2 is 2.17 bits per heavy atom. The molecule has 0 saturated heterocycles. The van der Waals surface area contributed by atoms with Crippen molar-refractivity contribution in [2.24, 2.45) is 11.6 Å². The Hall–Kier alpha value is -0.260. The minimum atomic E-state index is -0.135. The van der Waals surface area contributed by atoms with E-state index in [1.807, 2.05) is 6.92 Å². The standard InChI is InChI=1S/C7H17N3OS/c1-5(3-4-8)12-6(2)7(11)10-9/h5-6H,3-4,8-9H2,1-2H3,(H,10,11). The first-order chi connectivity index (χ1) is 5.61. The average Bonchev–Trinajstić information content (AvgIpc) is 2.03. The van der Waals surface area contributed by atoms with Crippen molar-refractivity contribution in [3.8, 4) is 0 Å². The molecule has 2 unspecified atom stereocenters. The topological polar surface area (TPSA) is 81.1 Å². The molecule has 0 fully saturated rings. The Balaban J connectivity index is 3.67. The summed E-state index contributed by atoms with van der Waals surface area (Å²) in [4.78, 5) is 11.0. The number of rotatable bonds is 5. The fourth-order valence-corrected chi connectivity index (χ4v) is 1.99. The molecule has 0 aliphatic carbocycles. The monoisotopic (exact) mass is 191 g/mol. The van der Waals surface area contributed by atoms with Gasteiger partial charge in [-0.2, -0.15) is 0 Å². The predicted molar refractivity (Wildman–Crippen MR) is 52.5 cm³/mol. The first-order valence-electron chi connectivity index (χ1n) is 3.97. The summed E-state index contributed by atoms with van der Waals surface area (Å²) >= 11 is 1.58. The summed E-state index contributed by atoms with van der Waals surface area (Å²) in [5.74, 6) is 4.85. The number of thioether (sulfide) groups is 1. The minimum Gasteiger partial charge on any atom is -0.330 e. The van der Waals surface area contributed by atoms with Crippen LogP contribution >= 0.6 is 11.8 Å². The predicted octanol–water partition coefficient (Wildman–Crippen LogP) is -0.165. The number of nitrogens with two attached hydrogens (primary N) is 2. The van der Waals surface area contributed by atoms with E-state index in [0.29, 0.717) is 11.8 Å². The molecule has 5 heteroatoms. The molecule has 72 valence electrons. The molecule has 0 aromatic carbocycles. The van der Waals surface area contributed by atoms with Crippen molar-refractivity contribution in [3.63, 3.8) is 0 Å². The Morgan fingerprint density at radius 3 is 2.58 bits per heavy atom. The lowest BCUT2D eigenvalue weighted by Crippen LogP contribution is -2.36. The van der Waals surface area contributed by atoms with E-state index in [-0.39, 0.29) is 11.2 Å². The molecule has 0 bridgehead atoms. The highest BCUT2D eigenvalue weighted by Crippen LogP contribution is 2.19. The third-order valence-corrected chi connectivity index (χ3v) is 2.84. The van der Waals surface area contributed by atoms with Crippen molar-refractivity contribution in [1.82, 2.24) is 5.43 Å². The lowest BCUT2D eigenvalue weighted by Gasteiger charge is -2.14. The van der Waals surface area contributed by atoms with Gasteiger partial charge in [-0.05, 0) is 19.9 Å². The number of nitrogens with one attached hydrogen (secondary N) is 1. The number of hydrazine groups is 1. The highest BCUT2D eigenvalue weighted by atomic mass is 32.2. The van der Waals surface area contributed by atoms with Crippen molar-refractivity contribution in [1.29, 1.82) is 0 Å². The number of hydrogen-bond donors (Lipinski definition) is 3. The van der Waals surface area contributed by atoms with E-state index in [2.05, 4.69) is 12.3 Å². The van der Waals surface area contributed by atoms with E-state index < -0.39 is 0 Å². The van der Waals surface area contributed by atoms with Gasteiger partial charge in [0.05, 0.1) is 5.25 Å². The van der Waals surface area contributed by atoms with Crippen LogP contribution in [0, 0.1) is 0 Å². The number of carbonyl (C=O) groups is 1. The van der Waals surface area contributed by atoms with Gasteiger partial charge in [0.15, 0.2) is 0 Å². The number of carbonyl (C=O) groups excluding carboxylic acids is 1. The third-order valence-electron chi connectivity index (χ3n) is 1.52. The van der Waals surface area contributed by atoms with E-state index in [1.165, 1.54) is 0 Å². The van der Waals surface area contributed by atoms with Gasteiger partial charge in [-0.25, -0.2) is 5.84 Å². The molecule has 12 heavy (non-hydrogen) atoms. The summed E-state index contributed by atoms with van der Waals surface area (Å²) < 4.78 is 0. The summed E-state index contributed by atoms with van der Waals surface area (Å²) in [6.45, 7) is 4.54. The molecule has 5 N–H and O–H groups in total. The molecule has 0 aromatic heterocycles. The summed E-state index contributed by atoms with van der Waals surface area (Å²) in [5, 5.41) is 0.304. The molecule has 2 atom stereocenters. The second-order valence-electron chi connectivity index (χ2n) is 2.67. The van der Waals surface area contributed by atoms with Crippen molar-refractivity contribution in [3.05, 3.63) is 0 Å². The minimum absolute atomic E-state index is 0.100. The molecule has 4 nitrogen and oxygen atoms in total. The third kappa shape index (κ3) is 4.58. The van der Waals surface area contributed by atoms with Crippen molar-refractivity contribution in [2.75, 3.05) is 6.54 Å². The van der Waals surface area contributed by atoms with Gasteiger partial charge < -0.3 is 5.73 Å². The van der Waals surface area contributed by atoms with Crippen LogP contribution in [-0.2, 0) is 4.79 Å². The quantitative estimate of drug-likeness (QED) is 0.320. The van der Waals surface area contributed by atoms with Gasteiger partial charge in [-0.15, -0.1) is 11.8 Å². The first kappa shape index (κ1) is 11.7. The van der Waals surface area contributed by atoms with Gasteiger partial charge in [0.1, 0.15) is 0 Å². The summed E-state index contributed by atoms with van der Waals surface area (Å²) in [5.41, 5.74) is 7.50. The lowest BCUT2D eigenvalue weighted by atomic mass is 10.3. The zero-order chi connectivity index (χ0) is 9.56. The van der Waals surface area contributed by atoms with Crippen LogP contribution in [0.15, 0.2) is 0 Å². The number of hydrogen-bond acceptors (Lipinski definition) is 4. The summed E-state index contributed by atoms with van der Waals surface area (Å²) in [6, 6.07) is 0. The highest BCUT2D eigenvalue weighted by molar-refractivity contribution is 8.01. The van der Waals surface area contributed by atoms with Gasteiger partial charge in [0.2, 0.25) is 5.91 Å².